The van der Waals surface area contributed by atoms with Crippen LogP contribution in [0.4, 0.5) is 11.4 Å². The Morgan fingerprint density at radius 1 is 1.46 bits per heavy atom. The largest absolute Gasteiger partial charge is 0.361 e. The average molecular weight is 353 g/mol. The Balaban J connectivity index is 1.97. The Morgan fingerprint density at radius 2 is 2.17 bits per heavy atom. The van der Waals surface area contributed by atoms with E-state index in [0.717, 1.165) is 17.0 Å². The van der Waals surface area contributed by atoms with Crippen molar-refractivity contribution in [3.05, 3.63) is 50.4 Å². The lowest BCUT2D eigenvalue weighted by Gasteiger charge is -2.16. The predicted molar refractivity (Wildman–Crippen MR) is 89.0 cm³/mol. The summed E-state index contributed by atoms with van der Waals surface area (Å²) in [5.74, 6) is 0.443. The van der Waals surface area contributed by atoms with Gasteiger partial charge < -0.3 is 9.84 Å². The zero-order valence-electron chi connectivity index (χ0n) is 13.5. The van der Waals surface area contributed by atoms with Crippen LogP contribution in [0.3, 0.4) is 0 Å². The van der Waals surface area contributed by atoms with Crippen molar-refractivity contribution >= 4 is 28.9 Å². The van der Waals surface area contributed by atoms with Crippen molar-refractivity contribution in [3.8, 4) is 0 Å². The van der Waals surface area contributed by atoms with Crippen molar-refractivity contribution < 1.29 is 14.2 Å². The van der Waals surface area contributed by atoms with Gasteiger partial charge in [0.2, 0.25) is 5.91 Å². The highest BCUT2D eigenvalue weighted by Gasteiger charge is 2.15. The molecule has 0 saturated carbocycles. The summed E-state index contributed by atoms with van der Waals surface area (Å²) < 4.78 is 5.09. The Kier molecular flexibility index (Phi) is 5.53. The van der Waals surface area contributed by atoms with Crippen molar-refractivity contribution in [2.24, 2.45) is 0 Å². The van der Waals surface area contributed by atoms with Gasteiger partial charge >= 0.3 is 0 Å². The number of aryl methyl sites for hydroxylation is 2. The van der Waals surface area contributed by atoms with Crippen molar-refractivity contribution in [1.82, 2.24) is 10.1 Å². The van der Waals surface area contributed by atoms with Crippen LogP contribution >= 0.6 is 11.6 Å². The number of hydrogen-bond acceptors (Lipinski definition) is 6. The third-order valence-electron chi connectivity index (χ3n) is 3.46. The maximum atomic E-state index is 12.1. The second-order valence-electron chi connectivity index (χ2n) is 5.44. The molecular formula is C15H17ClN4O4. The minimum atomic E-state index is -0.547. The molecule has 128 valence electrons. The highest BCUT2D eigenvalue weighted by atomic mass is 35.5. The summed E-state index contributed by atoms with van der Waals surface area (Å²) in [6, 6.07) is 3.90. The van der Waals surface area contributed by atoms with Gasteiger partial charge in [-0.2, -0.15) is 0 Å². The van der Waals surface area contributed by atoms with Crippen LogP contribution in [-0.2, 0) is 11.3 Å². The second-order valence-corrected chi connectivity index (χ2v) is 5.85. The number of likely N-dealkylation sites (N-methyl/N-ethyl adjacent to an activating group) is 1. The standard InChI is InChI=1S/C15H17ClN4O4/c1-9-12(10(2)24-18-9)7-19(3)8-15(21)17-14-5-4-11(20(22)23)6-13(14)16/h4-6H,7-8H2,1-3H3,(H,17,21). The van der Waals surface area contributed by atoms with E-state index in [1.807, 2.05) is 13.8 Å². The fourth-order valence-electron chi connectivity index (χ4n) is 2.21. The van der Waals surface area contributed by atoms with Gasteiger partial charge in [0.05, 0.1) is 27.9 Å². The van der Waals surface area contributed by atoms with Crippen molar-refractivity contribution in [2.45, 2.75) is 20.4 Å². The molecule has 0 fully saturated rings. The summed E-state index contributed by atoms with van der Waals surface area (Å²) in [5, 5.41) is 17.3. The molecule has 0 aliphatic carbocycles. The lowest BCUT2D eigenvalue weighted by atomic mass is 10.2. The summed E-state index contributed by atoms with van der Waals surface area (Å²) in [4.78, 5) is 24.0. The molecule has 24 heavy (non-hydrogen) atoms. The maximum Gasteiger partial charge on any atom is 0.271 e. The van der Waals surface area contributed by atoms with Gasteiger partial charge in [-0.3, -0.25) is 19.8 Å². The zero-order chi connectivity index (χ0) is 17.9. The molecule has 1 amide bonds. The molecular weight excluding hydrogens is 336 g/mol. The Hall–Kier alpha value is -2.45. The van der Waals surface area contributed by atoms with Gasteiger partial charge in [0, 0.05) is 24.2 Å². The fraction of sp³-hybridized carbons (Fsp3) is 0.333. The average Bonchev–Trinajstić information content (AvgIpc) is 2.80. The number of benzene rings is 1. The van der Waals surface area contributed by atoms with E-state index in [2.05, 4.69) is 10.5 Å². The van der Waals surface area contributed by atoms with E-state index in [0.29, 0.717) is 12.2 Å². The molecule has 1 aromatic carbocycles. The summed E-state index contributed by atoms with van der Waals surface area (Å²) in [7, 11) is 1.79. The minimum absolute atomic E-state index is 0.117. The first-order valence-corrected chi connectivity index (χ1v) is 7.49. The van der Waals surface area contributed by atoms with Crippen LogP contribution in [-0.4, -0.2) is 34.5 Å². The molecule has 0 spiro atoms. The van der Waals surface area contributed by atoms with E-state index in [1.54, 1.807) is 11.9 Å². The first-order chi connectivity index (χ1) is 11.3. The van der Waals surface area contributed by atoms with E-state index >= 15 is 0 Å². The van der Waals surface area contributed by atoms with Crippen molar-refractivity contribution in [3.63, 3.8) is 0 Å². The number of aromatic nitrogens is 1. The van der Waals surface area contributed by atoms with Gasteiger partial charge in [0.25, 0.3) is 5.69 Å². The Labute approximate surface area is 143 Å². The Morgan fingerprint density at radius 3 is 2.71 bits per heavy atom. The number of hydrogen-bond donors (Lipinski definition) is 1. The molecule has 1 heterocycles. The monoisotopic (exact) mass is 352 g/mol. The number of nitrogens with one attached hydrogen (secondary N) is 1. The van der Waals surface area contributed by atoms with Crippen LogP contribution in [0.1, 0.15) is 17.0 Å². The number of carbonyl (C=O) groups excluding carboxylic acids is 1. The molecule has 2 rings (SSSR count). The number of amides is 1. The second kappa shape index (κ2) is 7.41. The van der Waals surface area contributed by atoms with Crippen LogP contribution < -0.4 is 5.32 Å². The van der Waals surface area contributed by atoms with Crippen LogP contribution in [0, 0.1) is 24.0 Å². The molecule has 0 atom stereocenters. The number of halogens is 1. The maximum absolute atomic E-state index is 12.1. The fourth-order valence-corrected chi connectivity index (χ4v) is 2.43. The number of carbonyl (C=O) groups is 1. The third kappa shape index (κ3) is 4.30. The smallest absolute Gasteiger partial charge is 0.271 e. The Bertz CT molecular complexity index is 755. The first-order valence-electron chi connectivity index (χ1n) is 7.12. The molecule has 0 aliphatic rings. The van der Waals surface area contributed by atoms with Crippen LogP contribution in [0.25, 0.3) is 0 Å². The molecule has 0 aliphatic heterocycles. The summed E-state index contributed by atoms with van der Waals surface area (Å²) in [5.41, 5.74) is 1.93. The zero-order valence-corrected chi connectivity index (χ0v) is 14.3. The van der Waals surface area contributed by atoms with Gasteiger partial charge in [-0.25, -0.2) is 0 Å². The first kappa shape index (κ1) is 17.9. The number of rotatable bonds is 6. The number of nitrogens with zero attached hydrogens (tertiary/aromatic N) is 3. The summed E-state index contributed by atoms with van der Waals surface area (Å²) in [6.45, 7) is 4.30. The van der Waals surface area contributed by atoms with Crippen LogP contribution in [0.5, 0.6) is 0 Å². The van der Waals surface area contributed by atoms with Crippen LogP contribution in [0.15, 0.2) is 22.7 Å². The third-order valence-corrected chi connectivity index (χ3v) is 3.77. The summed E-state index contributed by atoms with van der Waals surface area (Å²) >= 11 is 5.96. The number of non-ortho nitro benzene ring substituents is 1. The van der Waals surface area contributed by atoms with Gasteiger partial charge in [0.1, 0.15) is 5.76 Å². The van der Waals surface area contributed by atoms with E-state index in [-0.39, 0.29) is 23.2 Å². The predicted octanol–water partition coefficient (Wildman–Crippen LogP) is 2.92. The van der Waals surface area contributed by atoms with E-state index < -0.39 is 4.92 Å². The normalized spacial score (nSPS) is 10.9. The molecule has 1 N–H and O–H groups in total. The van der Waals surface area contributed by atoms with E-state index in [9.17, 15) is 14.9 Å². The van der Waals surface area contributed by atoms with E-state index in [4.69, 9.17) is 16.1 Å². The van der Waals surface area contributed by atoms with Crippen molar-refractivity contribution in [2.75, 3.05) is 18.9 Å². The molecule has 9 heteroatoms. The molecule has 0 radical (unpaired) electrons. The molecule has 1 aromatic heterocycles. The summed E-state index contributed by atoms with van der Waals surface area (Å²) in [6.07, 6.45) is 0. The lowest BCUT2D eigenvalue weighted by Crippen LogP contribution is -2.30. The number of nitro benzene ring substituents is 1. The van der Waals surface area contributed by atoms with Gasteiger partial charge in [-0.15, -0.1) is 0 Å². The topological polar surface area (TPSA) is 102 Å². The van der Waals surface area contributed by atoms with Gasteiger partial charge in [0.15, 0.2) is 0 Å². The van der Waals surface area contributed by atoms with Gasteiger partial charge in [-0.1, -0.05) is 16.8 Å². The highest BCUT2D eigenvalue weighted by Crippen LogP contribution is 2.26. The highest BCUT2D eigenvalue weighted by molar-refractivity contribution is 6.34. The molecule has 8 nitrogen and oxygen atoms in total. The SMILES string of the molecule is Cc1noc(C)c1CN(C)CC(=O)Nc1ccc([N+](=O)[O-])cc1Cl. The van der Waals surface area contributed by atoms with Gasteiger partial charge in [-0.05, 0) is 27.0 Å². The molecule has 0 saturated heterocycles. The van der Waals surface area contributed by atoms with Crippen LogP contribution in [0.2, 0.25) is 5.02 Å². The van der Waals surface area contributed by atoms with E-state index in [1.165, 1.54) is 18.2 Å². The van der Waals surface area contributed by atoms with Crippen molar-refractivity contribution in [1.29, 1.82) is 0 Å². The quantitative estimate of drug-likeness (QED) is 0.633. The minimum Gasteiger partial charge on any atom is -0.361 e. The molecule has 0 unspecified atom stereocenters. The number of anilines is 1. The number of nitro groups is 1. The molecule has 0 bridgehead atoms. The lowest BCUT2D eigenvalue weighted by molar-refractivity contribution is -0.384. The molecule has 2 aromatic rings.